The number of hydrogen-bond acceptors (Lipinski definition) is 5. The molecule has 1 aromatic heterocycles. The summed E-state index contributed by atoms with van der Waals surface area (Å²) in [7, 11) is 1.78. The Morgan fingerprint density at radius 2 is 1.77 bits per heavy atom. The molecule has 0 fully saturated rings. The monoisotopic (exact) mass is 422 g/mol. The highest BCUT2D eigenvalue weighted by molar-refractivity contribution is 7.89. The fourth-order valence-corrected chi connectivity index (χ4v) is 3.74. The summed E-state index contributed by atoms with van der Waals surface area (Å²) < 4.78 is 24.8. The van der Waals surface area contributed by atoms with Crippen molar-refractivity contribution < 1.29 is 13.2 Å². The summed E-state index contributed by atoms with van der Waals surface area (Å²) in [4.78, 5) is 14.8. The van der Waals surface area contributed by atoms with Crippen molar-refractivity contribution in [3.63, 3.8) is 0 Å². The van der Waals surface area contributed by atoms with Crippen LogP contribution in [0.25, 0.3) is 0 Å². The lowest BCUT2D eigenvalue weighted by atomic mass is 10.0. The Morgan fingerprint density at radius 1 is 1.10 bits per heavy atom. The van der Waals surface area contributed by atoms with E-state index < -0.39 is 10.0 Å². The number of carbonyl (C=O) groups excluding carboxylic acids is 1. The van der Waals surface area contributed by atoms with Crippen LogP contribution in [0.3, 0.4) is 0 Å². The minimum atomic E-state index is -3.88. The molecular weight excluding hydrogens is 400 g/mol. The summed E-state index contributed by atoms with van der Waals surface area (Å²) in [5.74, 6) is -0.0980. The van der Waals surface area contributed by atoms with Gasteiger partial charge >= 0.3 is 0 Å². The standard InChI is InChI=1S/C22H22N4O3S/c1-25(2)18-7-4-15(5-8-18)22(27)21-11-9-19(26(21)3)12-16-6-10-20(30(24,28)29)13-17(16)14-23/h4-11,13H,12H2,1-3H3,(H2,24,28,29). The average Bonchev–Trinajstić information content (AvgIpc) is 3.07. The van der Waals surface area contributed by atoms with E-state index in [1.165, 1.54) is 12.1 Å². The topological polar surface area (TPSA) is 109 Å². The van der Waals surface area contributed by atoms with Crippen LogP contribution in [0.4, 0.5) is 5.69 Å². The molecule has 0 aliphatic carbocycles. The molecule has 1 heterocycles. The van der Waals surface area contributed by atoms with Crippen LogP contribution >= 0.6 is 0 Å². The highest BCUT2D eigenvalue weighted by Gasteiger charge is 2.17. The molecule has 30 heavy (non-hydrogen) atoms. The molecule has 0 aliphatic rings. The highest BCUT2D eigenvalue weighted by Crippen LogP contribution is 2.21. The number of nitrogens with two attached hydrogens (primary N) is 1. The Labute approximate surface area is 176 Å². The molecule has 0 aliphatic heterocycles. The van der Waals surface area contributed by atoms with E-state index in [2.05, 4.69) is 0 Å². The molecule has 154 valence electrons. The first kappa shape index (κ1) is 21.3. The van der Waals surface area contributed by atoms with Crippen molar-refractivity contribution in [1.29, 1.82) is 5.26 Å². The van der Waals surface area contributed by atoms with E-state index >= 15 is 0 Å². The number of nitriles is 1. The molecule has 3 aromatic rings. The molecule has 0 spiro atoms. The number of carbonyl (C=O) groups is 1. The molecule has 2 aromatic carbocycles. The van der Waals surface area contributed by atoms with Gasteiger partial charge in [-0.15, -0.1) is 0 Å². The molecule has 0 unspecified atom stereocenters. The molecular formula is C22H22N4O3S. The maximum absolute atomic E-state index is 12.9. The third-order valence-electron chi connectivity index (χ3n) is 5.01. The van der Waals surface area contributed by atoms with E-state index in [0.29, 0.717) is 23.2 Å². The highest BCUT2D eigenvalue weighted by atomic mass is 32.2. The molecule has 0 amide bonds. The Kier molecular flexibility index (Phi) is 5.78. The van der Waals surface area contributed by atoms with Crippen molar-refractivity contribution in [3.05, 3.63) is 82.7 Å². The van der Waals surface area contributed by atoms with Crippen molar-refractivity contribution in [2.24, 2.45) is 12.2 Å². The normalized spacial score (nSPS) is 11.2. The number of benzene rings is 2. The summed E-state index contributed by atoms with van der Waals surface area (Å²) in [6.45, 7) is 0. The van der Waals surface area contributed by atoms with Crippen LogP contribution in [0.1, 0.15) is 32.9 Å². The summed E-state index contributed by atoms with van der Waals surface area (Å²) >= 11 is 0. The predicted octanol–water partition coefficient (Wildman–Crippen LogP) is 2.43. The SMILES string of the molecule is CN(C)c1ccc(C(=O)c2ccc(Cc3ccc(S(N)(=O)=O)cc3C#N)n2C)cc1. The number of hydrogen-bond donors (Lipinski definition) is 1. The lowest BCUT2D eigenvalue weighted by Crippen LogP contribution is -2.13. The third kappa shape index (κ3) is 4.27. The summed E-state index contributed by atoms with van der Waals surface area (Å²) in [5, 5.41) is 14.6. The van der Waals surface area contributed by atoms with Crippen LogP contribution in [0.5, 0.6) is 0 Å². The molecule has 0 saturated carbocycles. The first-order chi connectivity index (χ1) is 14.1. The summed E-state index contributed by atoms with van der Waals surface area (Å²) in [6.07, 6.45) is 0.372. The molecule has 0 saturated heterocycles. The summed E-state index contributed by atoms with van der Waals surface area (Å²) in [6, 6.07) is 17.2. The number of aromatic nitrogens is 1. The Morgan fingerprint density at radius 3 is 2.33 bits per heavy atom. The lowest BCUT2D eigenvalue weighted by molar-refractivity contribution is 0.103. The minimum Gasteiger partial charge on any atom is -0.378 e. The van der Waals surface area contributed by atoms with Crippen molar-refractivity contribution in [2.75, 3.05) is 19.0 Å². The quantitative estimate of drug-likeness (QED) is 0.614. The zero-order chi connectivity index (χ0) is 22.1. The van der Waals surface area contributed by atoms with Gasteiger partial charge in [0.05, 0.1) is 22.2 Å². The van der Waals surface area contributed by atoms with Gasteiger partial charge in [0, 0.05) is 44.5 Å². The molecule has 0 radical (unpaired) electrons. The number of rotatable bonds is 6. The number of sulfonamides is 1. The number of anilines is 1. The first-order valence-electron chi connectivity index (χ1n) is 9.14. The van der Waals surface area contributed by atoms with Crippen LogP contribution in [-0.4, -0.2) is 32.9 Å². The Bertz CT molecular complexity index is 1250. The smallest absolute Gasteiger partial charge is 0.238 e. The maximum Gasteiger partial charge on any atom is 0.238 e. The van der Waals surface area contributed by atoms with Gasteiger partial charge in [-0.3, -0.25) is 4.79 Å². The van der Waals surface area contributed by atoms with Crippen LogP contribution in [0.2, 0.25) is 0 Å². The second-order valence-corrected chi connectivity index (χ2v) is 8.75. The predicted molar refractivity (Wildman–Crippen MR) is 115 cm³/mol. The average molecular weight is 423 g/mol. The number of ketones is 1. The third-order valence-corrected chi connectivity index (χ3v) is 5.92. The molecule has 3 rings (SSSR count). The fourth-order valence-electron chi connectivity index (χ4n) is 3.20. The first-order valence-corrected chi connectivity index (χ1v) is 10.7. The van der Waals surface area contributed by atoms with Gasteiger partial charge in [0.2, 0.25) is 15.8 Å². The van der Waals surface area contributed by atoms with Gasteiger partial charge in [-0.2, -0.15) is 5.26 Å². The molecule has 7 nitrogen and oxygen atoms in total. The van der Waals surface area contributed by atoms with E-state index in [0.717, 1.165) is 11.4 Å². The van der Waals surface area contributed by atoms with Gasteiger partial charge in [-0.05, 0) is 54.1 Å². The molecule has 0 bridgehead atoms. The summed E-state index contributed by atoms with van der Waals surface area (Å²) in [5.41, 5.74) is 3.83. The number of nitrogens with zero attached hydrogens (tertiary/aromatic N) is 3. The van der Waals surface area contributed by atoms with E-state index in [4.69, 9.17) is 5.14 Å². The van der Waals surface area contributed by atoms with E-state index in [1.54, 1.807) is 35.9 Å². The van der Waals surface area contributed by atoms with Crippen LogP contribution in [-0.2, 0) is 23.5 Å². The van der Waals surface area contributed by atoms with E-state index in [-0.39, 0.29) is 16.2 Å². The van der Waals surface area contributed by atoms with Gasteiger partial charge in [0.1, 0.15) is 0 Å². The molecule has 8 heteroatoms. The largest absolute Gasteiger partial charge is 0.378 e. The van der Waals surface area contributed by atoms with Crippen molar-refractivity contribution in [3.8, 4) is 6.07 Å². The zero-order valence-corrected chi connectivity index (χ0v) is 17.8. The zero-order valence-electron chi connectivity index (χ0n) is 17.0. The second-order valence-electron chi connectivity index (χ2n) is 7.19. The molecule has 0 atom stereocenters. The Hall–Kier alpha value is -3.41. The van der Waals surface area contributed by atoms with Crippen molar-refractivity contribution in [2.45, 2.75) is 11.3 Å². The van der Waals surface area contributed by atoms with Crippen LogP contribution < -0.4 is 10.0 Å². The van der Waals surface area contributed by atoms with E-state index in [9.17, 15) is 18.5 Å². The number of primary sulfonamides is 1. The van der Waals surface area contributed by atoms with Gasteiger partial charge in [0.15, 0.2) is 0 Å². The Balaban J connectivity index is 1.89. The van der Waals surface area contributed by atoms with Gasteiger partial charge < -0.3 is 9.47 Å². The van der Waals surface area contributed by atoms with Gasteiger partial charge in [0.25, 0.3) is 0 Å². The van der Waals surface area contributed by atoms with Crippen LogP contribution in [0.15, 0.2) is 59.5 Å². The van der Waals surface area contributed by atoms with Crippen LogP contribution in [0, 0.1) is 11.3 Å². The maximum atomic E-state index is 12.9. The fraction of sp³-hybridized carbons (Fsp3) is 0.182. The van der Waals surface area contributed by atoms with E-state index in [1.807, 2.05) is 43.3 Å². The van der Waals surface area contributed by atoms with Crippen molar-refractivity contribution >= 4 is 21.5 Å². The minimum absolute atomic E-state index is 0.0980. The van der Waals surface area contributed by atoms with Crippen molar-refractivity contribution in [1.82, 2.24) is 4.57 Å². The van der Waals surface area contributed by atoms with Gasteiger partial charge in [-0.25, -0.2) is 13.6 Å². The molecule has 2 N–H and O–H groups in total. The second kappa shape index (κ2) is 8.14. The lowest BCUT2D eigenvalue weighted by Gasteiger charge is -2.13. The van der Waals surface area contributed by atoms with Gasteiger partial charge in [-0.1, -0.05) is 6.07 Å².